The topological polar surface area (TPSA) is 78.4 Å². The van der Waals surface area contributed by atoms with E-state index in [0.29, 0.717) is 25.4 Å². The number of hydrogen-bond donors (Lipinski definition) is 1. The Morgan fingerprint density at radius 2 is 1.86 bits per heavy atom. The molecule has 3 heterocycles. The zero-order valence-corrected chi connectivity index (χ0v) is 17.7. The Bertz CT molecular complexity index is 775. The molecule has 7 heteroatoms. The second-order valence-electron chi connectivity index (χ2n) is 8.83. The van der Waals surface area contributed by atoms with E-state index in [1.54, 1.807) is 6.92 Å². The summed E-state index contributed by atoms with van der Waals surface area (Å²) in [5, 5.41) is 3.24. The van der Waals surface area contributed by atoms with Crippen LogP contribution in [0.15, 0.2) is 0 Å². The van der Waals surface area contributed by atoms with E-state index in [1.807, 2.05) is 16.8 Å². The van der Waals surface area contributed by atoms with Gasteiger partial charge in [0.25, 0.3) is 0 Å². The fourth-order valence-electron chi connectivity index (χ4n) is 5.12. The summed E-state index contributed by atoms with van der Waals surface area (Å²) >= 11 is 0. The van der Waals surface area contributed by atoms with Gasteiger partial charge in [0.05, 0.1) is 12.2 Å². The van der Waals surface area contributed by atoms with Gasteiger partial charge in [0.1, 0.15) is 11.6 Å². The summed E-state index contributed by atoms with van der Waals surface area (Å²) in [7, 11) is 1.90. The highest BCUT2D eigenvalue weighted by Gasteiger charge is 2.30. The number of amides is 2. The Balaban J connectivity index is 1.52. The van der Waals surface area contributed by atoms with Crippen LogP contribution in [0, 0.1) is 5.92 Å². The Kier molecular flexibility index (Phi) is 6.01. The van der Waals surface area contributed by atoms with Crippen molar-refractivity contribution >= 4 is 17.6 Å². The Labute approximate surface area is 173 Å². The van der Waals surface area contributed by atoms with Crippen molar-refractivity contribution in [3.05, 3.63) is 17.1 Å². The summed E-state index contributed by atoms with van der Waals surface area (Å²) < 4.78 is 0. The molecule has 2 amide bonds. The fraction of sp³-hybridized carbons (Fsp3) is 0.727. The van der Waals surface area contributed by atoms with Gasteiger partial charge in [-0.2, -0.15) is 0 Å². The van der Waals surface area contributed by atoms with Crippen molar-refractivity contribution in [1.29, 1.82) is 0 Å². The summed E-state index contributed by atoms with van der Waals surface area (Å²) in [5.74, 6) is 2.81. The van der Waals surface area contributed by atoms with Crippen molar-refractivity contribution in [3.63, 3.8) is 0 Å². The number of likely N-dealkylation sites (tertiary alicyclic amines) is 1. The largest absolute Gasteiger partial charge is 0.373 e. The fourth-order valence-corrected chi connectivity index (χ4v) is 5.12. The molecule has 1 aromatic rings. The predicted molar refractivity (Wildman–Crippen MR) is 112 cm³/mol. The third-order valence-corrected chi connectivity index (χ3v) is 6.84. The van der Waals surface area contributed by atoms with E-state index >= 15 is 0 Å². The first-order valence-electron chi connectivity index (χ1n) is 11.2. The molecule has 1 saturated carbocycles. The highest BCUT2D eigenvalue weighted by atomic mass is 16.2. The zero-order valence-electron chi connectivity index (χ0n) is 17.7. The summed E-state index contributed by atoms with van der Waals surface area (Å²) in [6.45, 7) is 4.45. The van der Waals surface area contributed by atoms with Gasteiger partial charge in [-0.1, -0.05) is 12.8 Å². The number of aromatic nitrogens is 2. The van der Waals surface area contributed by atoms with E-state index in [4.69, 9.17) is 9.97 Å². The average molecular weight is 400 g/mol. The van der Waals surface area contributed by atoms with Crippen LogP contribution in [0.1, 0.15) is 74.9 Å². The Hall–Kier alpha value is -2.18. The second-order valence-corrected chi connectivity index (χ2v) is 8.83. The number of fused-ring (bicyclic) bond motifs is 1. The van der Waals surface area contributed by atoms with Gasteiger partial charge < -0.3 is 15.1 Å². The van der Waals surface area contributed by atoms with Gasteiger partial charge in [0.2, 0.25) is 11.8 Å². The molecule has 2 fully saturated rings. The molecule has 3 aliphatic rings. The SMILES string of the molecule is CNc1nc([C@H]2CCCN(C(C)=O)C2)nc2c1CCN(C(=O)CC1CCCC1)C2. The van der Waals surface area contributed by atoms with Crippen LogP contribution in [0.2, 0.25) is 0 Å². The van der Waals surface area contributed by atoms with Crippen molar-refractivity contribution in [1.82, 2.24) is 19.8 Å². The Morgan fingerprint density at radius 1 is 1.07 bits per heavy atom. The lowest BCUT2D eigenvalue weighted by atomic mass is 9.96. The molecule has 0 radical (unpaired) electrons. The number of piperidine rings is 1. The summed E-state index contributed by atoms with van der Waals surface area (Å²) in [5.41, 5.74) is 2.12. The monoisotopic (exact) mass is 399 g/mol. The first kappa shape index (κ1) is 20.1. The molecule has 4 rings (SSSR count). The molecule has 1 atom stereocenters. The van der Waals surface area contributed by atoms with Crippen molar-refractivity contribution in [2.45, 2.75) is 70.8 Å². The molecule has 1 N–H and O–H groups in total. The number of nitrogens with one attached hydrogen (secondary N) is 1. The number of hydrogen-bond acceptors (Lipinski definition) is 5. The van der Waals surface area contributed by atoms with Crippen LogP contribution in [-0.4, -0.2) is 58.3 Å². The second kappa shape index (κ2) is 8.67. The molecular formula is C22H33N5O2. The van der Waals surface area contributed by atoms with Gasteiger partial charge in [-0.25, -0.2) is 9.97 Å². The molecule has 1 aliphatic carbocycles. The van der Waals surface area contributed by atoms with Crippen LogP contribution in [0.25, 0.3) is 0 Å². The van der Waals surface area contributed by atoms with Crippen LogP contribution < -0.4 is 5.32 Å². The van der Waals surface area contributed by atoms with Crippen LogP contribution in [0.4, 0.5) is 5.82 Å². The average Bonchev–Trinajstić information content (AvgIpc) is 3.25. The number of nitrogens with zero attached hydrogens (tertiary/aromatic N) is 4. The van der Waals surface area contributed by atoms with Gasteiger partial charge in [-0.05, 0) is 38.0 Å². The molecule has 0 spiro atoms. The lowest BCUT2D eigenvalue weighted by Crippen LogP contribution is -2.39. The van der Waals surface area contributed by atoms with Gasteiger partial charge in [0, 0.05) is 51.5 Å². The number of carbonyl (C=O) groups excluding carboxylic acids is 2. The van der Waals surface area contributed by atoms with Crippen LogP contribution >= 0.6 is 0 Å². The van der Waals surface area contributed by atoms with E-state index in [-0.39, 0.29) is 17.7 Å². The summed E-state index contributed by atoms with van der Waals surface area (Å²) in [6.07, 6.45) is 8.38. The third-order valence-electron chi connectivity index (χ3n) is 6.84. The molecule has 0 unspecified atom stereocenters. The van der Waals surface area contributed by atoms with Crippen LogP contribution in [0.5, 0.6) is 0 Å². The van der Waals surface area contributed by atoms with Crippen molar-refractivity contribution < 1.29 is 9.59 Å². The molecule has 7 nitrogen and oxygen atoms in total. The Morgan fingerprint density at radius 3 is 2.59 bits per heavy atom. The highest BCUT2D eigenvalue weighted by molar-refractivity contribution is 5.77. The highest BCUT2D eigenvalue weighted by Crippen LogP contribution is 2.32. The molecule has 0 aromatic carbocycles. The molecule has 29 heavy (non-hydrogen) atoms. The predicted octanol–water partition coefficient (Wildman–Crippen LogP) is 2.71. The summed E-state index contributed by atoms with van der Waals surface area (Å²) in [6, 6.07) is 0. The van der Waals surface area contributed by atoms with Crippen LogP contribution in [0.3, 0.4) is 0 Å². The first-order valence-corrected chi connectivity index (χ1v) is 11.2. The van der Waals surface area contributed by atoms with Crippen molar-refractivity contribution in [2.75, 3.05) is 32.0 Å². The number of rotatable bonds is 4. The van der Waals surface area contributed by atoms with E-state index in [2.05, 4.69) is 5.32 Å². The molecule has 1 aromatic heterocycles. The lowest BCUT2D eigenvalue weighted by molar-refractivity contribution is -0.133. The van der Waals surface area contributed by atoms with Crippen molar-refractivity contribution in [2.24, 2.45) is 5.92 Å². The molecule has 1 saturated heterocycles. The maximum Gasteiger partial charge on any atom is 0.223 e. The minimum atomic E-state index is 0.116. The normalized spacial score (nSPS) is 22.5. The minimum Gasteiger partial charge on any atom is -0.373 e. The van der Waals surface area contributed by atoms with E-state index in [9.17, 15) is 9.59 Å². The standard InChI is InChI=1S/C22H33N5O2/c1-15(28)26-10-5-8-17(13-26)21-24-19-14-27(11-9-18(19)22(23-2)25-21)20(29)12-16-6-3-4-7-16/h16-17H,3-14H2,1-2H3,(H,23,24,25)/t17-/m0/s1. The van der Waals surface area contributed by atoms with Gasteiger partial charge in [0.15, 0.2) is 0 Å². The zero-order chi connectivity index (χ0) is 20.4. The molecule has 0 bridgehead atoms. The molecule has 2 aliphatic heterocycles. The van der Waals surface area contributed by atoms with E-state index in [1.165, 1.54) is 25.7 Å². The minimum absolute atomic E-state index is 0.116. The van der Waals surface area contributed by atoms with Crippen molar-refractivity contribution in [3.8, 4) is 0 Å². The van der Waals surface area contributed by atoms with E-state index in [0.717, 1.165) is 55.3 Å². The maximum absolute atomic E-state index is 12.8. The van der Waals surface area contributed by atoms with Gasteiger partial charge >= 0.3 is 0 Å². The third kappa shape index (κ3) is 4.38. The summed E-state index contributed by atoms with van der Waals surface area (Å²) in [4.78, 5) is 38.3. The quantitative estimate of drug-likeness (QED) is 0.842. The number of anilines is 1. The smallest absolute Gasteiger partial charge is 0.223 e. The number of carbonyl (C=O) groups is 2. The molecular weight excluding hydrogens is 366 g/mol. The molecule has 158 valence electrons. The van der Waals surface area contributed by atoms with E-state index < -0.39 is 0 Å². The van der Waals surface area contributed by atoms with Gasteiger partial charge in [-0.3, -0.25) is 9.59 Å². The lowest BCUT2D eigenvalue weighted by Gasteiger charge is -2.33. The van der Waals surface area contributed by atoms with Crippen LogP contribution in [-0.2, 0) is 22.6 Å². The maximum atomic E-state index is 12.8. The first-order chi connectivity index (χ1) is 14.0. The van der Waals surface area contributed by atoms with Gasteiger partial charge in [-0.15, -0.1) is 0 Å².